The van der Waals surface area contributed by atoms with Crippen molar-refractivity contribution in [2.24, 2.45) is 0 Å². The first-order valence-electron chi connectivity index (χ1n) is 10.5. The minimum absolute atomic E-state index is 0.0262. The van der Waals surface area contributed by atoms with Crippen molar-refractivity contribution in [2.45, 2.75) is 36.2 Å². The lowest BCUT2D eigenvalue weighted by Gasteiger charge is -2.32. The molecule has 2 aliphatic rings. The lowest BCUT2D eigenvalue weighted by Crippen LogP contribution is -2.31. The number of Topliss-reactive ketones (excluding diaryl/α,β-unsaturated/α-hetero) is 1. The number of carbonyl (C=O) groups excluding carboxylic acids is 1. The summed E-state index contributed by atoms with van der Waals surface area (Å²) in [5.41, 5.74) is 3.03. The molecule has 2 aromatic carbocycles. The van der Waals surface area contributed by atoms with Crippen LogP contribution in [0.5, 0.6) is 0 Å². The molecule has 172 valence electrons. The third-order valence-corrected chi connectivity index (χ3v) is 6.69. The number of non-ortho nitro benzene ring substituents is 2. The molecular formula is C22H18N6O5S. The minimum Gasteiger partial charge on any atom is -0.328 e. The monoisotopic (exact) mass is 478 g/mol. The molecule has 1 atom stereocenters. The van der Waals surface area contributed by atoms with E-state index >= 15 is 0 Å². The van der Waals surface area contributed by atoms with Crippen LogP contribution >= 0.6 is 11.8 Å². The lowest BCUT2D eigenvalue weighted by molar-refractivity contribution is -0.385. The highest BCUT2D eigenvalue weighted by atomic mass is 32.2. The van der Waals surface area contributed by atoms with Crippen molar-refractivity contribution in [3.63, 3.8) is 0 Å². The Kier molecular flexibility index (Phi) is 5.57. The van der Waals surface area contributed by atoms with Gasteiger partial charge in [-0.1, -0.05) is 23.9 Å². The number of allylic oxidation sites excluding steroid dienone is 2. The van der Waals surface area contributed by atoms with Crippen LogP contribution < -0.4 is 5.32 Å². The Labute approximate surface area is 197 Å². The van der Waals surface area contributed by atoms with Gasteiger partial charge in [-0.2, -0.15) is 4.98 Å². The molecule has 3 aromatic rings. The summed E-state index contributed by atoms with van der Waals surface area (Å²) in [4.78, 5) is 38.5. The van der Waals surface area contributed by atoms with Crippen LogP contribution in [0.3, 0.4) is 0 Å². The summed E-state index contributed by atoms with van der Waals surface area (Å²) in [6, 6.07) is 11.9. The van der Waals surface area contributed by atoms with Gasteiger partial charge in [0.1, 0.15) is 6.04 Å². The van der Waals surface area contributed by atoms with Crippen LogP contribution in [-0.2, 0) is 10.5 Å². The van der Waals surface area contributed by atoms with Crippen LogP contribution in [0.25, 0.3) is 0 Å². The quantitative estimate of drug-likeness (QED) is 0.309. The number of anilines is 1. The summed E-state index contributed by atoms with van der Waals surface area (Å²) in [7, 11) is 0. The smallest absolute Gasteiger partial charge is 0.269 e. The normalized spacial score (nSPS) is 17.1. The number of hydrogen-bond donors (Lipinski definition) is 1. The highest BCUT2D eigenvalue weighted by Gasteiger charge is 2.37. The third kappa shape index (κ3) is 4.03. The number of nitrogens with zero attached hydrogens (tertiary/aromatic N) is 5. The zero-order valence-corrected chi connectivity index (χ0v) is 18.5. The van der Waals surface area contributed by atoms with Gasteiger partial charge in [-0.15, -0.1) is 5.10 Å². The van der Waals surface area contributed by atoms with Gasteiger partial charge in [0.2, 0.25) is 11.1 Å². The first-order chi connectivity index (χ1) is 16.4. The number of carbonyl (C=O) groups is 1. The van der Waals surface area contributed by atoms with Crippen molar-refractivity contribution in [2.75, 3.05) is 5.32 Å². The van der Waals surface area contributed by atoms with E-state index in [1.165, 1.54) is 36.0 Å². The van der Waals surface area contributed by atoms with E-state index in [2.05, 4.69) is 15.4 Å². The maximum Gasteiger partial charge on any atom is 0.269 e. The highest BCUT2D eigenvalue weighted by molar-refractivity contribution is 7.98. The number of nitro benzene ring substituents is 2. The number of fused-ring (bicyclic) bond motifs is 1. The van der Waals surface area contributed by atoms with Gasteiger partial charge in [0.05, 0.1) is 9.85 Å². The number of thioether (sulfide) groups is 1. The molecule has 0 amide bonds. The van der Waals surface area contributed by atoms with Crippen LogP contribution in [0.4, 0.5) is 17.3 Å². The molecule has 0 spiro atoms. The average Bonchev–Trinajstić information content (AvgIpc) is 3.24. The van der Waals surface area contributed by atoms with Gasteiger partial charge in [-0.3, -0.25) is 25.0 Å². The van der Waals surface area contributed by atoms with Gasteiger partial charge in [0.25, 0.3) is 11.4 Å². The molecule has 1 N–H and O–H groups in total. The second-order valence-corrected chi connectivity index (χ2v) is 8.86. The topological polar surface area (TPSA) is 146 Å². The number of aromatic nitrogens is 3. The first kappa shape index (κ1) is 21.8. The molecule has 34 heavy (non-hydrogen) atoms. The number of nitrogens with one attached hydrogen (secondary N) is 1. The zero-order chi connectivity index (χ0) is 23.8. The minimum atomic E-state index is -0.527. The number of nitro groups is 2. The fourth-order valence-corrected chi connectivity index (χ4v) is 4.93. The average molecular weight is 478 g/mol. The molecule has 0 bridgehead atoms. The fraction of sp³-hybridized carbons (Fsp3) is 0.227. The molecule has 12 heteroatoms. The second kappa shape index (κ2) is 8.71. The molecule has 0 fully saturated rings. The molecule has 0 radical (unpaired) electrons. The van der Waals surface area contributed by atoms with Crippen molar-refractivity contribution in [3.05, 3.63) is 91.2 Å². The van der Waals surface area contributed by atoms with Gasteiger partial charge in [0.15, 0.2) is 5.78 Å². The molecule has 2 heterocycles. The summed E-state index contributed by atoms with van der Waals surface area (Å²) in [6.07, 6.45) is 1.89. The predicted molar refractivity (Wildman–Crippen MR) is 123 cm³/mol. The molecule has 0 saturated heterocycles. The van der Waals surface area contributed by atoms with E-state index in [1.54, 1.807) is 28.9 Å². The molecule has 0 unspecified atom stereocenters. The molecule has 0 saturated carbocycles. The fourth-order valence-electron chi connectivity index (χ4n) is 4.15. The molecule has 1 aliphatic heterocycles. The maximum absolute atomic E-state index is 12.9. The summed E-state index contributed by atoms with van der Waals surface area (Å²) < 4.78 is 1.65. The van der Waals surface area contributed by atoms with Crippen LogP contribution in [0.15, 0.2) is 65.0 Å². The Morgan fingerprint density at radius 2 is 1.65 bits per heavy atom. The summed E-state index contributed by atoms with van der Waals surface area (Å²) in [5.74, 6) is 1.04. The Morgan fingerprint density at radius 1 is 1.00 bits per heavy atom. The Morgan fingerprint density at radius 3 is 2.29 bits per heavy atom. The maximum atomic E-state index is 12.9. The zero-order valence-electron chi connectivity index (χ0n) is 17.7. The van der Waals surface area contributed by atoms with Crippen molar-refractivity contribution in [1.82, 2.24) is 14.8 Å². The molecule has 1 aromatic heterocycles. The number of rotatable bonds is 6. The van der Waals surface area contributed by atoms with Gasteiger partial charge in [-0.25, -0.2) is 4.68 Å². The van der Waals surface area contributed by atoms with E-state index in [1.807, 2.05) is 0 Å². The first-order valence-corrected chi connectivity index (χ1v) is 11.5. The Balaban J connectivity index is 1.45. The number of benzene rings is 2. The van der Waals surface area contributed by atoms with Crippen molar-refractivity contribution >= 4 is 34.9 Å². The van der Waals surface area contributed by atoms with Crippen LogP contribution in [0.1, 0.15) is 36.4 Å². The molecule has 11 nitrogen and oxygen atoms in total. The van der Waals surface area contributed by atoms with Crippen molar-refractivity contribution in [3.8, 4) is 0 Å². The van der Waals surface area contributed by atoms with Crippen LogP contribution in [0.2, 0.25) is 0 Å². The van der Waals surface area contributed by atoms with Gasteiger partial charge >= 0.3 is 0 Å². The van der Waals surface area contributed by atoms with Gasteiger partial charge in [-0.05, 0) is 36.1 Å². The van der Waals surface area contributed by atoms with E-state index in [0.29, 0.717) is 40.8 Å². The highest BCUT2D eigenvalue weighted by Crippen LogP contribution is 2.41. The van der Waals surface area contributed by atoms with Crippen LogP contribution in [0, 0.1) is 20.2 Å². The molecule has 1 aliphatic carbocycles. The number of hydrogen-bond acceptors (Lipinski definition) is 9. The summed E-state index contributed by atoms with van der Waals surface area (Å²) >= 11 is 1.37. The second-order valence-electron chi connectivity index (χ2n) is 7.92. The Hall–Kier alpha value is -4.06. The van der Waals surface area contributed by atoms with E-state index in [4.69, 9.17) is 0 Å². The standard InChI is InChI=1S/C22H18N6O5S/c29-18-3-1-2-17-19(18)20(14-6-10-16(11-7-14)28(32)33)26-21(23-17)24-22(25-26)34-12-13-4-8-15(9-5-13)27(30)31/h4-11,20H,1-3,12H2,(H,23,24,25)/t20-/m0/s1. The SMILES string of the molecule is O=C1CCCC2=C1[C@H](c1ccc([N+](=O)[O-])cc1)n1nc(SCc3ccc([N+](=O)[O-])cc3)nc1N2. The Bertz CT molecular complexity index is 1330. The van der Waals surface area contributed by atoms with Crippen LogP contribution in [-0.4, -0.2) is 30.4 Å². The lowest BCUT2D eigenvalue weighted by atomic mass is 9.85. The summed E-state index contributed by atoms with van der Waals surface area (Å²) in [5, 5.41) is 30.3. The number of ketones is 1. The van der Waals surface area contributed by atoms with Gasteiger partial charge in [0, 0.05) is 47.7 Å². The molecule has 5 rings (SSSR count). The molecular weight excluding hydrogens is 460 g/mol. The van der Waals surface area contributed by atoms with E-state index in [-0.39, 0.29) is 17.2 Å². The summed E-state index contributed by atoms with van der Waals surface area (Å²) in [6.45, 7) is 0. The van der Waals surface area contributed by atoms with E-state index < -0.39 is 15.9 Å². The van der Waals surface area contributed by atoms with Gasteiger partial charge < -0.3 is 5.32 Å². The van der Waals surface area contributed by atoms with E-state index in [9.17, 15) is 25.0 Å². The van der Waals surface area contributed by atoms with Crippen molar-refractivity contribution < 1.29 is 14.6 Å². The van der Waals surface area contributed by atoms with Crippen molar-refractivity contribution in [1.29, 1.82) is 0 Å². The third-order valence-electron chi connectivity index (χ3n) is 5.78. The largest absolute Gasteiger partial charge is 0.328 e. The predicted octanol–water partition coefficient (Wildman–Crippen LogP) is 4.41. The van der Waals surface area contributed by atoms with E-state index in [0.717, 1.165) is 17.7 Å².